The molecule has 1 saturated carbocycles. The van der Waals surface area contributed by atoms with Crippen molar-refractivity contribution in [2.75, 3.05) is 44.2 Å². The van der Waals surface area contributed by atoms with E-state index in [9.17, 15) is 13.2 Å². The molecule has 1 aliphatic carbocycles. The van der Waals surface area contributed by atoms with Crippen LogP contribution in [0.1, 0.15) is 30.1 Å². The molecule has 0 aromatic carbocycles. The number of alkyl halides is 3. The third kappa shape index (κ3) is 4.73. The van der Waals surface area contributed by atoms with Gasteiger partial charge >= 0.3 is 6.18 Å². The Labute approximate surface area is 202 Å². The van der Waals surface area contributed by atoms with Crippen LogP contribution in [-0.4, -0.2) is 65.7 Å². The molecule has 1 spiro atoms. The molecule has 0 bridgehead atoms. The van der Waals surface area contributed by atoms with Crippen LogP contribution in [0.4, 0.5) is 18.9 Å². The molecule has 5 heterocycles. The SMILES string of the molecule is FC(F)(F)c1ccc(N2CC3(CC(C(c4cccnc4)N4CC5CNCC5C4)C3)C2)cn1.O=CO. The van der Waals surface area contributed by atoms with Crippen molar-refractivity contribution in [1.29, 1.82) is 0 Å². The van der Waals surface area contributed by atoms with Gasteiger partial charge in [-0.15, -0.1) is 0 Å². The molecule has 4 aliphatic rings. The van der Waals surface area contributed by atoms with Gasteiger partial charge in [0.15, 0.2) is 0 Å². The highest BCUT2D eigenvalue weighted by atomic mass is 19.4. The summed E-state index contributed by atoms with van der Waals surface area (Å²) >= 11 is 0. The number of aromatic nitrogens is 2. The third-order valence-corrected chi connectivity index (χ3v) is 8.13. The van der Waals surface area contributed by atoms with Gasteiger partial charge in [0.2, 0.25) is 0 Å². The second-order valence-corrected chi connectivity index (χ2v) is 10.4. The number of fused-ring (bicyclic) bond motifs is 1. The second-order valence-electron chi connectivity index (χ2n) is 10.4. The number of carboxylic acid groups (broad SMARTS) is 1. The van der Waals surface area contributed by atoms with E-state index >= 15 is 0 Å². The van der Waals surface area contributed by atoms with Crippen molar-refractivity contribution in [2.45, 2.75) is 25.1 Å². The van der Waals surface area contributed by atoms with Crippen LogP contribution < -0.4 is 10.2 Å². The van der Waals surface area contributed by atoms with E-state index in [0.717, 1.165) is 62.9 Å². The van der Waals surface area contributed by atoms with E-state index in [4.69, 9.17) is 9.90 Å². The number of carbonyl (C=O) groups is 1. The molecule has 2 aromatic rings. The van der Waals surface area contributed by atoms with Crippen molar-refractivity contribution < 1.29 is 23.1 Å². The highest BCUT2D eigenvalue weighted by molar-refractivity contribution is 5.49. The second kappa shape index (κ2) is 9.39. The van der Waals surface area contributed by atoms with E-state index in [2.05, 4.69) is 31.2 Å². The number of pyridine rings is 2. The zero-order chi connectivity index (χ0) is 24.6. The number of nitrogens with one attached hydrogen (secondary N) is 1. The molecular formula is C25H30F3N5O2. The quantitative estimate of drug-likeness (QED) is 0.638. The lowest BCUT2D eigenvalue weighted by Gasteiger charge is -2.62. The van der Waals surface area contributed by atoms with Crippen molar-refractivity contribution in [1.82, 2.24) is 20.2 Å². The zero-order valence-corrected chi connectivity index (χ0v) is 19.4. The van der Waals surface area contributed by atoms with E-state index in [0.29, 0.717) is 17.4 Å². The number of rotatable bonds is 4. The van der Waals surface area contributed by atoms with Gasteiger partial charge in [-0.2, -0.15) is 13.2 Å². The smallest absolute Gasteiger partial charge is 0.433 e. The van der Waals surface area contributed by atoms with Gasteiger partial charge < -0.3 is 15.3 Å². The van der Waals surface area contributed by atoms with E-state index in [1.54, 1.807) is 6.07 Å². The first-order valence-corrected chi connectivity index (χ1v) is 12.0. The normalized spacial score (nSPS) is 26.3. The minimum absolute atomic E-state index is 0.250. The zero-order valence-electron chi connectivity index (χ0n) is 19.4. The minimum Gasteiger partial charge on any atom is -0.483 e. The summed E-state index contributed by atoms with van der Waals surface area (Å²) in [5.41, 5.74) is 1.58. The van der Waals surface area contributed by atoms with Crippen LogP contribution in [0.15, 0.2) is 42.9 Å². The first kappa shape index (κ1) is 24.0. The predicted octanol–water partition coefficient (Wildman–Crippen LogP) is 3.31. The van der Waals surface area contributed by atoms with Gasteiger partial charge in [-0.05, 0) is 67.4 Å². The lowest BCUT2D eigenvalue weighted by Crippen LogP contribution is -2.63. The molecule has 3 unspecified atom stereocenters. The number of nitrogens with zero attached hydrogens (tertiary/aromatic N) is 4. The van der Waals surface area contributed by atoms with Gasteiger partial charge in [0, 0.05) is 50.0 Å². The number of halogens is 3. The third-order valence-electron chi connectivity index (χ3n) is 8.13. The minimum atomic E-state index is -4.39. The van der Waals surface area contributed by atoms with Crippen LogP contribution in [0.2, 0.25) is 0 Å². The fourth-order valence-corrected chi connectivity index (χ4v) is 6.67. The van der Waals surface area contributed by atoms with E-state index in [1.165, 1.54) is 24.6 Å². The van der Waals surface area contributed by atoms with Crippen LogP contribution in [-0.2, 0) is 11.0 Å². The summed E-state index contributed by atoms with van der Waals surface area (Å²) in [5, 5.41) is 10.4. The fourth-order valence-electron chi connectivity index (χ4n) is 6.67. The van der Waals surface area contributed by atoms with E-state index < -0.39 is 11.9 Å². The Kier molecular flexibility index (Phi) is 6.43. The van der Waals surface area contributed by atoms with Crippen LogP contribution in [0.3, 0.4) is 0 Å². The molecule has 6 rings (SSSR count). The van der Waals surface area contributed by atoms with Crippen molar-refractivity contribution in [3.8, 4) is 0 Å². The molecule has 0 amide bonds. The van der Waals surface area contributed by atoms with Crippen molar-refractivity contribution in [2.24, 2.45) is 23.2 Å². The number of hydrogen-bond donors (Lipinski definition) is 2. The average molecular weight is 490 g/mol. The summed E-state index contributed by atoms with van der Waals surface area (Å²) in [6, 6.07) is 7.31. The first-order chi connectivity index (χ1) is 16.8. The largest absolute Gasteiger partial charge is 0.483 e. The molecule has 3 atom stereocenters. The van der Waals surface area contributed by atoms with E-state index in [1.807, 2.05) is 18.5 Å². The molecule has 7 nitrogen and oxygen atoms in total. The van der Waals surface area contributed by atoms with Crippen molar-refractivity contribution in [3.05, 3.63) is 54.1 Å². The maximum absolute atomic E-state index is 12.8. The molecule has 0 radical (unpaired) electrons. The Balaban J connectivity index is 0.000000806. The number of hydrogen-bond acceptors (Lipinski definition) is 6. The summed E-state index contributed by atoms with van der Waals surface area (Å²) in [5.74, 6) is 2.13. The van der Waals surface area contributed by atoms with Gasteiger partial charge in [0.1, 0.15) is 5.69 Å². The Morgan fingerprint density at radius 1 is 1.11 bits per heavy atom. The Morgan fingerprint density at radius 3 is 2.34 bits per heavy atom. The monoisotopic (exact) mass is 489 g/mol. The van der Waals surface area contributed by atoms with Crippen LogP contribution in [0, 0.1) is 23.2 Å². The van der Waals surface area contributed by atoms with Crippen molar-refractivity contribution >= 4 is 12.2 Å². The van der Waals surface area contributed by atoms with Crippen LogP contribution in [0.5, 0.6) is 0 Å². The average Bonchev–Trinajstić information content (AvgIpc) is 3.37. The Bertz CT molecular complexity index is 994. The maximum Gasteiger partial charge on any atom is 0.433 e. The summed E-state index contributed by atoms with van der Waals surface area (Å²) in [6.45, 7) is 6.14. The van der Waals surface area contributed by atoms with E-state index in [-0.39, 0.29) is 6.47 Å². The van der Waals surface area contributed by atoms with Gasteiger partial charge in [-0.25, -0.2) is 4.98 Å². The molecule has 3 saturated heterocycles. The Morgan fingerprint density at radius 2 is 1.80 bits per heavy atom. The van der Waals surface area contributed by atoms with Gasteiger partial charge in [0.05, 0.1) is 11.9 Å². The Hall–Kier alpha value is -2.72. The summed E-state index contributed by atoms with van der Waals surface area (Å²) in [7, 11) is 0. The van der Waals surface area contributed by atoms with Gasteiger partial charge in [0.25, 0.3) is 6.47 Å². The number of likely N-dealkylation sites (tertiary alicyclic amines) is 1. The molecular weight excluding hydrogens is 459 g/mol. The summed E-state index contributed by atoms with van der Waals surface area (Å²) < 4.78 is 38.3. The van der Waals surface area contributed by atoms with Crippen LogP contribution in [0.25, 0.3) is 0 Å². The van der Waals surface area contributed by atoms with Crippen LogP contribution >= 0.6 is 0 Å². The summed E-state index contributed by atoms with van der Waals surface area (Å²) in [4.78, 5) is 21.2. The maximum atomic E-state index is 12.8. The molecule has 2 N–H and O–H groups in total. The molecule has 188 valence electrons. The van der Waals surface area contributed by atoms with Gasteiger partial charge in [-0.1, -0.05) is 6.07 Å². The first-order valence-electron chi connectivity index (χ1n) is 12.0. The molecule has 10 heteroatoms. The fraction of sp³-hybridized carbons (Fsp3) is 0.560. The topological polar surface area (TPSA) is 81.6 Å². The van der Waals surface area contributed by atoms with Crippen molar-refractivity contribution in [3.63, 3.8) is 0 Å². The number of anilines is 1. The summed E-state index contributed by atoms with van der Waals surface area (Å²) in [6.07, 6.45) is 3.18. The molecule has 2 aromatic heterocycles. The molecule has 4 fully saturated rings. The molecule has 3 aliphatic heterocycles. The lowest BCUT2D eigenvalue weighted by atomic mass is 9.55. The highest BCUT2D eigenvalue weighted by Gasteiger charge is 2.56. The predicted molar refractivity (Wildman–Crippen MR) is 124 cm³/mol. The highest BCUT2D eigenvalue weighted by Crippen LogP contribution is 2.58. The van der Waals surface area contributed by atoms with Gasteiger partial charge in [-0.3, -0.25) is 14.7 Å². The lowest BCUT2D eigenvalue weighted by molar-refractivity contribution is -0.141. The standard InChI is InChI=1S/C24H28F3N5.CH2O2/c25-24(26,27)21-4-3-20(11-30-21)32-14-23(15-32)6-17(7-23)22(16-2-1-5-28-8-16)31-12-18-9-29-10-19(18)13-31;2-1-3/h1-5,8,11,17-19,22,29H,6-7,9-10,12-15H2;1H,(H,2,3). The molecule has 35 heavy (non-hydrogen) atoms.